The minimum atomic E-state index is -0.304. The van der Waals surface area contributed by atoms with E-state index in [1.165, 1.54) is 0 Å². The molecular formula is C102H106N28O6. The van der Waals surface area contributed by atoms with Gasteiger partial charge >= 0.3 is 0 Å². The quantitative estimate of drug-likeness (QED) is 0.0269. The van der Waals surface area contributed by atoms with Crippen molar-refractivity contribution in [3.05, 3.63) is 307 Å². The molecule has 17 aromatic rings. The molecule has 0 bridgehead atoms. The summed E-state index contributed by atoms with van der Waals surface area (Å²) in [5.74, 6) is 0.204. The fraction of sp³-hybridized carbons (Fsp3) is 0.235. The van der Waals surface area contributed by atoms with Gasteiger partial charge in [0.05, 0.1) is 110 Å². The summed E-state index contributed by atoms with van der Waals surface area (Å²) in [5.41, 5.74) is 25.9. The number of nitrogens with zero attached hydrogens (tertiary/aromatic N) is 19. The average molecular weight is 1820 g/mol. The van der Waals surface area contributed by atoms with Crippen molar-refractivity contribution in [2.45, 2.75) is 51.7 Å². The lowest BCUT2D eigenvalue weighted by Gasteiger charge is -2.32. The number of benzene rings is 5. The molecule has 4 amide bonds. The van der Waals surface area contributed by atoms with Gasteiger partial charge in [-0.25, -0.2) is 0 Å². The van der Waals surface area contributed by atoms with E-state index in [1.807, 2.05) is 226 Å². The molecule has 0 atom stereocenters. The number of nitrogen functional groups attached to an aromatic ring is 1. The number of aromatic amines is 4. The number of piperazine rings is 2. The Balaban J connectivity index is 0.000000127. The van der Waals surface area contributed by atoms with Crippen molar-refractivity contribution in [1.82, 2.24) is 115 Å². The summed E-state index contributed by atoms with van der Waals surface area (Å²) in [6.45, 7) is 14.1. The number of aliphatic hydroxyl groups excluding tert-OH is 1. The molecule has 0 unspecified atom stereocenters. The number of ether oxygens (including phenoxy) is 1. The highest BCUT2D eigenvalue weighted by molar-refractivity contribution is 6.14. The zero-order valence-electron chi connectivity index (χ0n) is 76.4. The third kappa shape index (κ3) is 24.0. The minimum absolute atomic E-state index is 0.184. The van der Waals surface area contributed by atoms with Crippen LogP contribution in [0.25, 0.3) is 88.1 Å². The molecule has 11 N–H and O–H groups in total. The Bertz CT molecular complexity index is 6950. The molecule has 5 aromatic carbocycles. The van der Waals surface area contributed by atoms with Gasteiger partial charge in [-0.2, -0.15) is 20.4 Å². The summed E-state index contributed by atoms with van der Waals surface area (Å²) in [6.07, 6.45) is 22.2. The minimum Gasteiger partial charge on any atom is -0.456 e. The first-order valence-corrected chi connectivity index (χ1v) is 44.9. The molecule has 3 aliphatic rings. The van der Waals surface area contributed by atoms with Crippen LogP contribution >= 0.6 is 0 Å². The normalized spacial score (nSPS) is 14.0. The lowest BCUT2D eigenvalue weighted by atomic mass is 10.0. The van der Waals surface area contributed by atoms with E-state index in [4.69, 9.17) is 10.5 Å². The fourth-order valence-corrected chi connectivity index (χ4v) is 16.2. The van der Waals surface area contributed by atoms with Crippen LogP contribution in [0.4, 0.5) is 28.4 Å². The summed E-state index contributed by atoms with van der Waals surface area (Å²) in [4.78, 5) is 103. The van der Waals surface area contributed by atoms with Crippen molar-refractivity contribution in [3.63, 3.8) is 0 Å². The van der Waals surface area contributed by atoms with E-state index in [0.717, 1.165) is 233 Å². The number of aliphatic hydroxyl groups is 1. The molecule has 0 saturated carbocycles. The van der Waals surface area contributed by atoms with E-state index in [0.29, 0.717) is 57.0 Å². The maximum Gasteiger partial charge on any atom is 0.276 e. The summed E-state index contributed by atoms with van der Waals surface area (Å²) in [6, 6.07) is 57.9. The highest BCUT2D eigenvalue weighted by Gasteiger charge is 2.25. The molecule has 136 heavy (non-hydrogen) atoms. The predicted molar refractivity (Wildman–Crippen MR) is 528 cm³/mol. The standard InChI is InChI=1S/C30H36N8O2.C30H29N7O2.C21H21N7O.C21H20N6O/c1-36-10-12-38(13-11-36)20-25-4-3-24(18-32-25)33-30(40)29-27-15-22(2-5-28(27)34-35-29)23-14-21(16-31-17-23)19-37-8-6-26(39)7-9-37;1-36-11-13-37(14-12-36)20-24-9-8-23(18-32-24)33-30(38)29-27-16-21(7-10-28(27)34-35-29)22-15-26(19-31-17-22)39-25-5-3-2-4-6-25;1-28(2)12-17-5-4-16(11-24-17)25-21(29)20-18-8-13(3-6-19(18)26-27-20)14-7-15(22)10-23-9-14;1-27(2)13-17-7-6-16(12-23-17)24-21(28)20-18-10-14(5-8-19(18)25-26-20)15-4-3-9-22-11-15/h2-5,14-18,26,39H,6-13,19-20H2,1H3,(H,33,40)(H,34,35);2-10,15-19H,11-14,20H2,1H3,(H,33,38)(H,34,35);3-11H,12,22H2,1-2H3,(H,25,29)(H,26,27);3-12H,13H2,1-2H3,(H,24,28)(H,25,26). The van der Waals surface area contributed by atoms with Crippen LogP contribution < -0.4 is 31.7 Å². The summed E-state index contributed by atoms with van der Waals surface area (Å²) in [5, 5.41) is 53.1. The van der Waals surface area contributed by atoms with Gasteiger partial charge in [0.2, 0.25) is 0 Å². The second-order valence-electron chi connectivity index (χ2n) is 34.6. The molecule has 0 radical (unpaired) electrons. The van der Waals surface area contributed by atoms with Gasteiger partial charge in [-0.15, -0.1) is 0 Å². The van der Waals surface area contributed by atoms with E-state index in [9.17, 15) is 24.3 Å². The first-order chi connectivity index (χ1) is 66.2. The van der Waals surface area contributed by atoms with Gasteiger partial charge in [0.1, 0.15) is 11.5 Å². The lowest BCUT2D eigenvalue weighted by molar-refractivity contribution is 0.0792. The van der Waals surface area contributed by atoms with Crippen LogP contribution in [-0.2, 0) is 32.7 Å². The van der Waals surface area contributed by atoms with Gasteiger partial charge in [0, 0.05) is 185 Å². The first-order valence-electron chi connectivity index (χ1n) is 44.9. The topological polar surface area (TPSA) is 412 Å². The Morgan fingerprint density at radius 3 is 1.13 bits per heavy atom. The maximum atomic E-state index is 13.2. The number of fused-ring (bicyclic) bond motifs is 4. The largest absolute Gasteiger partial charge is 0.456 e. The van der Waals surface area contributed by atoms with E-state index in [2.05, 4.69) is 147 Å². The number of para-hydroxylation sites is 1. The number of carbonyl (C=O) groups is 4. The van der Waals surface area contributed by atoms with Crippen molar-refractivity contribution in [3.8, 4) is 56.0 Å². The predicted octanol–water partition coefficient (Wildman–Crippen LogP) is 14.0. The first kappa shape index (κ1) is 92.2. The lowest BCUT2D eigenvalue weighted by Crippen LogP contribution is -2.43. The van der Waals surface area contributed by atoms with Crippen LogP contribution in [0.2, 0.25) is 0 Å². The number of piperidine rings is 1. The highest BCUT2D eigenvalue weighted by atomic mass is 16.5. The smallest absolute Gasteiger partial charge is 0.276 e. The second-order valence-corrected chi connectivity index (χ2v) is 34.6. The Morgan fingerprint density at radius 1 is 0.368 bits per heavy atom. The van der Waals surface area contributed by atoms with Crippen molar-refractivity contribution in [2.24, 2.45) is 0 Å². The number of likely N-dealkylation sites (N-methyl/N-ethyl adjacent to an activating group) is 2. The number of hydrogen-bond donors (Lipinski definition) is 10. The molecule has 3 aliphatic heterocycles. The number of anilines is 5. The Hall–Kier alpha value is -15.7. The van der Waals surface area contributed by atoms with Gasteiger partial charge in [-0.3, -0.25) is 94.1 Å². The van der Waals surface area contributed by atoms with Crippen LogP contribution in [0, 0.1) is 0 Å². The van der Waals surface area contributed by atoms with Crippen molar-refractivity contribution in [2.75, 3.05) is 135 Å². The molecule has 34 nitrogen and oxygen atoms in total. The van der Waals surface area contributed by atoms with E-state index >= 15 is 0 Å². The van der Waals surface area contributed by atoms with Crippen molar-refractivity contribution < 1.29 is 29.0 Å². The van der Waals surface area contributed by atoms with Crippen molar-refractivity contribution >= 4 is 95.7 Å². The summed E-state index contributed by atoms with van der Waals surface area (Å²) >= 11 is 0. The number of nitrogens with one attached hydrogen (secondary N) is 8. The zero-order chi connectivity index (χ0) is 94.0. The van der Waals surface area contributed by atoms with Gasteiger partial charge in [-0.05, 0) is 216 Å². The highest BCUT2D eigenvalue weighted by Crippen LogP contribution is 2.34. The van der Waals surface area contributed by atoms with Crippen molar-refractivity contribution in [1.29, 1.82) is 0 Å². The molecule has 15 heterocycles. The van der Waals surface area contributed by atoms with E-state index in [1.54, 1.807) is 62.0 Å². The number of nitrogens with two attached hydrogens (primary N) is 1. The molecule has 0 spiro atoms. The fourth-order valence-electron chi connectivity index (χ4n) is 16.2. The molecule has 3 fully saturated rings. The molecular weight excluding hydrogens is 1710 g/mol. The zero-order valence-corrected chi connectivity index (χ0v) is 76.4. The molecule has 3 saturated heterocycles. The third-order valence-electron chi connectivity index (χ3n) is 23.6. The number of rotatable bonds is 24. The molecule has 690 valence electrons. The number of hydrogen-bond acceptors (Lipinski definition) is 26. The number of amides is 4. The SMILES string of the molecule is CN(C)Cc1ccc(NC(=O)c2n[nH]c3ccc(-c4cccnc4)cc23)cn1.CN(C)Cc1ccc(NC(=O)c2n[nH]c3ccc(-c4cncc(N)c4)cc23)cn1.CN1CCN(Cc2ccc(NC(=O)c3n[nH]c4ccc(-c5cncc(CN6CCC(O)CC6)c5)cc34)cn2)CC1.CN1CCN(Cc2ccc(NC(=O)c3n[nH]c4ccc(-c5cncc(Oc6ccccc6)c5)cc34)cn2)CC1. The number of likely N-dealkylation sites (tertiary alicyclic amines) is 1. The maximum absolute atomic E-state index is 13.2. The monoisotopic (exact) mass is 1820 g/mol. The number of carbonyl (C=O) groups excluding carboxylic acids is 4. The van der Waals surface area contributed by atoms with Crippen LogP contribution in [-0.4, -0.2) is 258 Å². The Labute approximate surface area is 785 Å². The Morgan fingerprint density at radius 2 is 0.743 bits per heavy atom. The van der Waals surface area contributed by atoms with Gasteiger partial charge in [-0.1, -0.05) is 48.5 Å². The third-order valence-corrected chi connectivity index (χ3v) is 23.6. The number of H-pyrrole nitrogens is 4. The molecule has 34 heteroatoms. The number of pyridine rings is 8. The van der Waals surface area contributed by atoms with Crippen LogP contribution in [0.3, 0.4) is 0 Å². The van der Waals surface area contributed by atoms with Gasteiger partial charge < -0.3 is 56.4 Å². The molecule has 12 aromatic heterocycles. The second kappa shape index (κ2) is 43.4. The van der Waals surface area contributed by atoms with Gasteiger partial charge in [0.15, 0.2) is 22.8 Å². The van der Waals surface area contributed by atoms with Gasteiger partial charge in [0.25, 0.3) is 23.6 Å². The molecule has 20 rings (SSSR count). The summed E-state index contributed by atoms with van der Waals surface area (Å²) in [7, 11) is 12.2. The van der Waals surface area contributed by atoms with E-state index in [-0.39, 0.29) is 29.7 Å². The average Bonchev–Trinajstić information content (AvgIpc) is 1.67. The molecule has 0 aliphatic carbocycles. The van der Waals surface area contributed by atoms with Crippen LogP contribution in [0.1, 0.15) is 83.1 Å². The van der Waals surface area contributed by atoms with Crippen LogP contribution in [0.15, 0.2) is 256 Å². The summed E-state index contributed by atoms with van der Waals surface area (Å²) < 4.78 is 5.94. The van der Waals surface area contributed by atoms with E-state index < -0.39 is 0 Å². The Kier molecular flexibility index (Phi) is 29.4. The van der Waals surface area contributed by atoms with Crippen LogP contribution in [0.5, 0.6) is 11.5 Å². The number of aromatic nitrogens is 16.